The summed E-state index contributed by atoms with van der Waals surface area (Å²) in [6.07, 6.45) is 4.29. The molecule has 0 radical (unpaired) electrons. The number of anilines is 1. The summed E-state index contributed by atoms with van der Waals surface area (Å²) in [7, 11) is 0. The molecule has 4 aromatic rings. The van der Waals surface area contributed by atoms with Crippen LogP contribution in [0, 0.1) is 0 Å². The molecular weight excluding hydrogens is 412 g/mol. The highest BCUT2D eigenvalue weighted by atomic mass is 35.5. The smallest absolute Gasteiger partial charge is 0.256 e. The van der Waals surface area contributed by atoms with E-state index in [0.717, 1.165) is 34.1 Å². The SMILES string of the molecule is C[C@H]1Cc2cccc3c(=O)c(C(=O)NCCNc4ccnc5cc(Cl)ccc45)cn1c23. The van der Waals surface area contributed by atoms with Crippen LogP contribution in [0.25, 0.3) is 21.8 Å². The number of rotatable bonds is 5. The topological polar surface area (TPSA) is 76.0 Å². The molecule has 3 heterocycles. The predicted molar refractivity (Wildman–Crippen MR) is 124 cm³/mol. The van der Waals surface area contributed by atoms with Gasteiger partial charge >= 0.3 is 0 Å². The lowest BCUT2D eigenvalue weighted by molar-refractivity contribution is 0.0953. The van der Waals surface area contributed by atoms with E-state index in [2.05, 4.69) is 22.5 Å². The Labute approximate surface area is 183 Å². The summed E-state index contributed by atoms with van der Waals surface area (Å²) in [6, 6.07) is 13.4. The van der Waals surface area contributed by atoms with Crippen LogP contribution in [0.2, 0.25) is 5.02 Å². The summed E-state index contributed by atoms with van der Waals surface area (Å²) in [5, 5.41) is 8.38. The molecule has 2 N–H and O–H groups in total. The quantitative estimate of drug-likeness (QED) is 0.464. The highest BCUT2D eigenvalue weighted by molar-refractivity contribution is 6.31. The van der Waals surface area contributed by atoms with Crippen LogP contribution >= 0.6 is 11.6 Å². The van der Waals surface area contributed by atoms with Crippen molar-refractivity contribution in [3.63, 3.8) is 0 Å². The van der Waals surface area contributed by atoms with E-state index in [4.69, 9.17) is 11.6 Å². The van der Waals surface area contributed by atoms with Crippen LogP contribution in [0.5, 0.6) is 0 Å². The third kappa shape index (κ3) is 3.43. The second-order valence-electron chi connectivity index (χ2n) is 7.85. The number of para-hydroxylation sites is 1. The lowest BCUT2D eigenvalue weighted by Crippen LogP contribution is -2.33. The number of nitrogens with one attached hydrogen (secondary N) is 2. The summed E-state index contributed by atoms with van der Waals surface area (Å²) in [5.41, 5.74) is 3.78. The predicted octanol–water partition coefficient (Wildman–Crippen LogP) is 4.16. The minimum Gasteiger partial charge on any atom is -0.383 e. The van der Waals surface area contributed by atoms with Crippen LogP contribution in [-0.2, 0) is 6.42 Å². The normalized spacial score (nSPS) is 14.8. The van der Waals surface area contributed by atoms with Crippen molar-refractivity contribution in [2.45, 2.75) is 19.4 Å². The lowest BCUT2D eigenvalue weighted by atomic mass is 10.1. The molecule has 5 rings (SSSR count). The van der Waals surface area contributed by atoms with Crippen molar-refractivity contribution in [1.29, 1.82) is 0 Å². The van der Waals surface area contributed by atoms with Crippen LogP contribution in [0.1, 0.15) is 28.9 Å². The van der Waals surface area contributed by atoms with E-state index in [0.29, 0.717) is 23.5 Å². The molecule has 0 saturated carbocycles. The molecule has 31 heavy (non-hydrogen) atoms. The maximum atomic E-state index is 12.9. The first-order valence-corrected chi connectivity index (χ1v) is 10.6. The van der Waals surface area contributed by atoms with Gasteiger partial charge in [0.1, 0.15) is 5.56 Å². The zero-order valence-electron chi connectivity index (χ0n) is 17.0. The lowest BCUT2D eigenvalue weighted by Gasteiger charge is -2.13. The number of hydrogen-bond acceptors (Lipinski definition) is 4. The number of benzene rings is 2. The van der Waals surface area contributed by atoms with Crippen LogP contribution in [-0.4, -0.2) is 28.5 Å². The van der Waals surface area contributed by atoms with E-state index in [9.17, 15) is 9.59 Å². The summed E-state index contributed by atoms with van der Waals surface area (Å²) < 4.78 is 2.05. The molecule has 0 spiro atoms. The molecule has 0 bridgehead atoms. The molecule has 0 unspecified atom stereocenters. The maximum Gasteiger partial charge on any atom is 0.256 e. The molecule has 2 aromatic carbocycles. The molecule has 2 aromatic heterocycles. The Bertz CT molecular complexity index is 1400. The molecule has 1 atom stereocenters. The van der Waals surface area contributed by atoms with Crippen molar-refractivity contribution in [2.75, 3.05) is 18.4 Å². The monoisotopic (exact) mass is 432 g/mol. The number of aromatic nitrogens is 2. The number of halogens is 1. The first kappa shape index (κ1) is 19.6. The maximum absolute atomic E-state index is 12.9. The van der Waals surface area contributed by atoms with Crippen LogP contribution < -0.4 is 16.1 Å². The Hall–Kier alpha value is -3.38. The van der Waals surface area contributed by atoms with Gasteiger partial charge in [-0.1, -0.05) is 23.7 Å². The zero-order valence-corrected chi connectivity index (χ0v) is 17.7. The fourth-order valence-corrected chi connectivity index (χ4v) is 4.49. The van der Waals surface area contributed by atoms with Crippen molar-refractivity contribution in [2.24, 2.45) is 0 Å². The van der Waals surface area contributed by atoms with Gasteiger partial charge in [0.2, 0.25) is 5.43 Å². The summed E-state index contributed by atoms with van der Waals surface area (Å²) in [5.74, 6) is -0.353. The van der Waals surface area contributed by atoms with E-state index in [1.165, 1.54) is 0 Å². The van der Waals surface area contributed by atoms with E-state index in [1.807, 2.05) is 41.0 Å². The Balaban J connectivity index is 1.31. The largest absolute Gasteiger partial charge is 0.383 e. The number of pyridine rings is 2. The third-order valence-corrected chi connectivity index (χ3v) is 6.04. The van der Waals surface area contributed by atoms with Gasteiger partial charge in [0.05, 0.1) is 11.0 Å². The van der Waals surface area contributed by atoms with Gasteiger partial charge in [-0.25, -0.2) is 0 Å². The van der Waals surface area contributed by atoms with Crippen molar-refractivity contribution in [3.05, 3.63) is 81.2 Å². The molecule has 0 saturated heterocycles. The van der Waals surface area contributed by atoms with Gasteiger partial charge < -0.3 is 15.2 Å². The summed E-state index contributed by atoms with van der Waals surface area (Å²) >= 11 is 6.04. The fourth-order valence-electron chi connectivity index (χ4n) is 4.32. The van der Waals surface area contributed by atoms with Gasteiger partial charge in [0, 0.05) is 53.0 Å². The molecule has 1 amide bonds. The Morgan fingerprint density at radius 3 is 2.94 bits per heavy atom. The number of nitrogens with zero attached hydrogens (tertiary/aromatic N) is 2. The summed E-state index contributed by atoms with van der Waals surface area (Å²) in [4.78, 5) is 30.0. The molecule has 7 heteroatoms. The van der Waals surface area contributed by atoms with Crippen LogP contribution in [0.15, 0.2) is 59.7 Å². The number of fused-ring (bicyclic) bond motifs is 1. The Morgan fingerprint density at radius 2 is 2.06 bits per heavy atom. The molecular formula is C24H21ClN4O2. The number of carbonyl (C=O) groups is 1. The molecule has 6 nitrogen and oxygen atoms in total. The van der Waals surface area contributed by atoms with Gasteiger partial charge in [-0.3, -0.25) is 14.6 Å². The van der Waals surface area contributed by atoms with Crippen LogP contribution in [0.3, 0.4) is 0 Å². The van der Waals surface area contributed by atoms with E-state index >= 15 is 0 Å². The first-order valence-electron chi connectivity index (χ1n) is 10.3. The Morgan fingerprint density at radius 1 is 1.19 bits per heavy atom. The van der Waals surface area contributed by atoms with E-state index in [1.54, 1.807) is 18.5 Å². The minimum absolute atomic E-state index is 0.183. The van der Waals surface area contributed by atoms with Gasteiger partial charge in [0.25, 0.3) is 5.91 Å². The third-order valence-electron chi connectivity index (χ3n) is 5.80. The van der Waals surface area contributed by atoms with Gasteiger partial charge in [-0.15, -0.1) is 0 Å². The van der Waals surface area contributed by atoms with Gasteiger partial charge in [0.15, 0.2) is 0 Å². The van der Waals surface area contributed by atoms with Crippen molar-refractivity contribution >= 4 is 45.0 Å². The highest BCUT2D eigenvalue weighted by Gasteiger charge is 2.24. The summed E-state index contributed by atoms with van der Waals surface area (Å²) in [6.45, 7) is 2.99. The van der Waals surface area contributed by atoms with Crippen molar-refractivity contribution in [3.8, 4) is 0 Å². The second-order valence-corrected chi connectivity index (χ2v) is 8.28. The standard InChI is InChI=1S/C24H21ClN4O2/c1-14-11-15-3-2-4-18-22(15)29(14)13-19(23(18)30)24(31)28-10-9-27-20-7-8-26-21-12-16(25)5-6-17(20)21/h2-8,12-14H,9-11H2,1H3,(H,26,27)(H,28,31)/t14-/m0/s1. The highest BCUT2D eigenvalue weighted by Crippen LogP contribution is 2.30. The number of amides is 1. The Kier molecular flexibility index (Phi) is 4.87. The molecule has 0 fully saturated rings. The number of hydrogen-bond donors (Lipinski definition) is 2. The molecule has 1 aliphatic rings. The van der Waals surface area contributed by atoms with E-state index < -0.39 is 0 Å². The van der Waals surface area contributed by atoms with Crippen molar-refractivity contribution < 1.29 is 4.79 Å². The fraction of sp³-hybridized carbons (Fsp3) is 0.208. The molecule has 0 aliphatic carbocycles. The average molecular weight is 433 g/mol. The zero-order chi connectivity index (χ0) is 21.5. The first-order chi connectivity index (χ1) is 15.0. The van der Waals surface area contributed by atoms with Gasteiger partial charge in [-0.2, -0.15) is 0 Å². The number of carbonyl (C=O) groups excluding carboxylic acids is 1. The average Bonchev–Trinajstić information content (AvgIpc) is 3.09. The molecule has 1 aliphatic heterocycles. The second kappa shape index (κ2) is 7.71. The van der Waals surface area contributed by atoms with E-state index in [-0.39, 0.29) is 22.9 Å². The van der Waals surface area contributed by atoms with Crippen molar-refractivity contribution in [1.82, 2.24) is 14.9 Å². The molecule has 156 valence electrons. The minimum atomic E-state index is -0.353. The van der Waals surface area contributed by atoms with Crippen LogP contribution in [0.4, 0.5) is 5.69 Å². The van der Waals surface area contributed by atoms with Gasteiger partial charge in [-0.05, 0) is 49.2 Å².